The zero-order valence-electron chi connectivity index (χ0n) is 15.1. The Hall–Kier alpha value is -2.63. The second kappa shape index (κ2) is 9.53. The van der Waals surface area contributed by atoms with Crippen molar-refractivity contribution in [1.29, 1.82) is 5.26 Å². The second-order valence-corrected chi connectivity index (χ2v) is 7.52. The SMILES string of the molecule is N#CCCN(C(=O)COC(=O)[C@@H]1CCCN1c1nccs1)c1cccc(Cl)c1. The number of carbonyl (C=O) groups is 2. The predicted octanol–water partition coefficient (Wildman–Crippen LogP) is 3.26. The molecule has 1 saturated heterocycles. The molecule has 2 aromatic rings. The van der Waals surface area contributed by atoms with Crippen LogP contribution in [0.2, 0.25) is 5.02 Å². The van der Waals surface area contributed by atoms with Gasteiger partial charge in [-0.1, -0.05) is 17.7 Å². The van der Waals surface area contributed by atoms with Crippen molar-refractivity contribution in [2.24, 2.45) is 0 Å². The first-order valence-corrected chi connectivity index (χ1v) is 10.1. The lowest BCUT2D eigenvalue weighted by atomic mass is 10.2. The normalized spacial score (nSPS) is 15.9. The van der Waals surface area contributed by atoms with Crippen LogP contribution in [0.15, 0.2) is 35.8 Å². The van der Waals surface area contributed by atoms with E-state index < -0.39 is 17.9 Å². The Kier molecular flexibility index (Phi) is 6.85. The summed E-state index contributed by atoms with van der Waals surface area (Å²) < 4.78 is 5.32. The van der Waals surface area contributed by atoms with Crippen molar-refractivity contribution in [1.82, 2.24) is 4.98 Å². The van der Waals surface area contributed by atoms with E-state index in [0.717, 1.165) is 18.1 Å². The summed E-state index contributed by atoms with van der Waals surface area (Å²) in [4.78, 5) is 32.8. The highest BCUT2D eigenvalue weighted by molar-refractivity contribution is 7.13. The lowest BCUT2D eigenvalue weighted by Crippen LogP contribution is -2.40. The molecule has 0 unspecified atom stereocenters. The minimum atomic E-state index is -0.438. The van der Waals surface area contributed by atoms with Crippen LogP contribution in [-0.2, 0) is 14.3 Å². The van der Waals surface area contributed by atoms with Gasteiger partial charge in [0.15, 0.2) is 11.7 Å². The maximum Gasteiger partial charge on any atom is 0.329 e. The maximum atomic E-state index is 12.7. The number of amides is 1. The van der Waals surface area contributed by atoms with Crippen molar-refractivity contribution in [3.63, 3.8) is 0 Å². The number of aromatic nitrogens is 1. The highest BCUT2D eigenvalue weighted by Crippen LogP contribution is 2.28. The van der Waals surface area contributed by atoms with Gasteiger partial charge in [-0.05, 0) is 31.0 Å². The van der Waals surface area contributed by atoms with E-state index in [1.165, 1.54) is 16.2 Å². The number of ether oxygens (including phenoxy) is 1. The Morgan fingerprint density at radius 3 is 3.04 bits per heavy atom. The van der Waals surface area contributed by atoms with Crippen LogP contribution in [0.5, 0.6) is 0 Å². The van der Waals surface area contributed by atoms with Crippen molar-refractivity contribution in [3.8, 4) is 6.07 Å². The molecule has 1 aromatic carbocycles. The van der Waals surface area contributed by atoms with Gasteiger partial charge in [-0.25, -0.2) is 9.78 Å². The third-order valence-electron chi connectivity index (χ3n) is 4.40. The van der Waals surface area contributed by atoms with Gasteiger partial charge in [0.1, 0.15) is 6.04 Å². The molecule has 0 N–H and O–H groups in total. The molecule has 1 aromatic heterocycles. The number of hydrogen-bond donors (Lipinski definition) is 0. The molecule has 1 fully saturated rings. The number of halogens is 1. The van der Waals surface area contributed by atoms with Crippen LogP contribution in [0.25, 0.3) is 0 Å². The Bertz CT molecular complexity index is 868. The van der Waals surface area contributed by atoms with Gasteiger partial charge in [-0.15, -0.1) is 11.3 Å². The van der Waals surface area contributed by atoms with Gasteiger partial charge in [0.2, 0.25) is 0 Å². The van der Waals surface area contributed by atoms with Gasteiger partial charge >= 0.3 is 5.97 Å². The number of nitrogens with zero attached hydrogens (tertiary/aromatic N) is 4. The molecule has 146 valence electrons. The number of nitriles is 1. The van der Waals surface area contributed by atoms with E-state index in [9.17, 15) is 9.59 Å². The van der Waals surface area contributed by atoms with Gasteiger partial charge in [-0.2, -0.15) is 5.26 Å². The van der Waals surface area contributed by atoms with Crippen LogP contribution in [0.4, 0.5) is 10.8 Å². The number of benzene rings is 1. The molecule has 9 heteroatoms. The van der Waals surface area contributed by atoms with E-state index in [1.54, 1.807) is 30.5 Å². The summed E-state index contributed by atoms with van der Waals surface area (Å²) in [5.41, 5.74) is 0.564. The maximum absolute atomic E-state index is 12.7. The Morgan fingerprint density at radius 2 is 2.32 bits per heavy atom. The highest BCUT2D eigenvalue weighted by atomic mass is 35.5. The van der Waals surface area contributed by atoms with Gasteiger partial charge in [0, 0.05) is 35.4 Å². The molecular formula is C19H19ClN4O3S. The van der Waals surface area contributed by atoms with E-state index in [-0.39, 0.29) is 19.6 Å². The standard InChI is InChI=1S/C19H19ClN4O3S/c20-14-4-1-5-15(12-14)23(10-3-7-21)17(25)13-27-18(26)16-6-2-9-24(16)19-22-8-11-28-19/h1,4-5,8,11-12,16H,2-3,6,9-10,13H2/t16-/m0/s1. The van der Waals surface area contributed by atoms with Crippen molar-refractivity contribution in [2.45, 2.75) is 25.3 Å². The number of thiazole rings is 1. The molecule has 0 radical (unpaired) electrons. The van der Waals surface area contributed by atoms with Crippen LogP contribution in [0.3, 0.4) is 0 Å². The molecule has 0 bridgehead atoms. The fourth-order valence-corrected chi connectivity index (χ4v) is 4.01. The molecule has 0 spiro atoms. The van der Waals surface area contributed by atoms with Gasteiger partial charge in [0.25, 0.3) is 5.91 Å². The summed E-state index contributed by atoms with van der Waals surface area (Å²) in [6.07, 6.45) is 3.39. The first-order valence-electron chi connectivity index (χ1n) is 8.86. The fourth-order valence-electron chi connectivity index (χ4n) is 3.11. The summed E-state index contributed by atoms with van der Waals surface area (Å²) in [5, 5.41) is 12.0. The summed E-state index contributed by atoms with van der Waals surface area (Å²) in [6.45, 7) is 0.541. The molecule has 0 aliphatic carbocycles. The van der Waals surface area contributed by atoms with Gasteiger partial charge in [-0.3, -0.25) is 4.79 Å². The lowest BCUT2D eigenvalue weighted by Gasteiger charge is -2.24. The van der Waals surface area contributed by atoms with E-state index in [2.05, 4.69) is 4.98 Å². The second-order valence-electron chi connectivity index (χ2n) is 6.21. The third kappa shape index (κ3) is 4.80. The van der Waals surface area contributed by atoms with Crippen LogP contribution >= 0.6 is 22.9 Å². The Morgan fingerprint density at radius 1 is 1.46 bits per heavy atom. The highest BCUT2D eigenvalue weighted by Gasteiger charge is 2.34. The van der Waals surface area contributed by atoms with Crippen molar-refractivity contribution < 1.29 is 14.3 Å². The Balaban J connectivity index is 1.63. The number of rotatable bonds is 7. The fraction of sp³-hybridized carbons (Fsp3) is 0.368. The van der Waals surface area contributed by atoms with Crippen LogP contribution < -0.4 is 9.80 Å². The smallest absolute Gasteiger partial charge is 0.329 e. The molecule has 0 saturated carbocycles. The predicted molar refractivity (Wildman–Crippen MR) is 107 cm³/mol. The molecule has 3 rings (SSSR count). The summed E-state index contributed by atoms with van der Waals surface area (Å²) in [6, 6.07) is 8.38. The minimum absolute atomic E-state index is 0.159. The zero-order chi connectivity index (χ0) is 19.9. The number of anilines is 2. The third-order valence-corrected chi connectivity index (χ3v) is 5.44. The van der Waals surface area contributed by atoms with Crippen molar-refractivity contribution in [3.05, 3.63) is 40.9 Å². The number of hydrogen-bond acceptors (Lipinski definition) is 7. The summed E-state index contributed by atoms with van der Waals surface area (Å²) in [7, 11) is 0. The van der Waals surface area contributed by atoms with E-state index >= 15 is 0 Å². The molecule has 7 nitrogen and oxygen atoms in total. The number of esters is 1. The van der Waals surface area contributed by atoms with E-state index in [0.29, 0.717) is 17.1 Å². The van der Waals surface area contributed by atoms with E-state index in [1.807, 2.05) is 16.3 Å². The van der Waals surface area contributed by atoms with Crippen LogP contribution in [0.1, 0.15) is 19.3 Å². The first-order chi connectivity index (χ1) is 13.6. The number of carbonyl (C=O) groups excluding carboxylic acids is 2. The largest absolute Gasteiger partial charge is 0.454 e. The summed E-state index contributed by atoms with van der Waals surface area (Å²) >= 11 is 7.47. The molecule has 1 aliphatic heterocycles. The molecule has 1 aliphatic rings. The average molecular weight is 419 g/mol. The summed E-state index contributed by atoms with van der Waals surface area (Å²) in [5.74, 6) is -0.836. The van der Waals surface area contributed by atoms with Crippen molar-refractivity contribution in [2.75, 3.05) is 29.5 Å². The lowest BCUT2D eigenvalue weighted by molar-refractivity contribution is -0.149. The van der Waals surface area contributed by atoms with Crippen molar-refractivity contribution >= 4 is 45.6 Å². The van der Waals surface area contributed by atoms with Crippen LogP contribution in [-0.4, -0.2) is 42.6 Å². The minimum Gasteiger partial charge on any atom is -0.454 e. The van der Waals surface area contributed by atoms with Crippen LogP contribution in [0, 0.1) is 11.3 Å². The van der Waals surface area contributed by atoms with Gasteiger partial charge < -0.3 is 14.5 Å². The molecule has 28 heavy (non-hydrogen) atoms. The Labute approximate surface area is 172 Å². The molecular weight excluding hydrogens is 400 g/mol. The molecule has 1 amide bonds. The molecule has 1 atom stereocenters. The van der Waals surface area contributed by atoms with Gasteiger partial charge in [0.05, 0.1) is 12.5 Å². The average Bonchev–Trinajstić information content (AvgIpc) is 3.37. The zero-order valence-corrected chi connectivity index (χ0v) is 16.7. The monoisotopic (exact) mass is 418 g/mol. The van der Waals surface area contributed by atoms with E-state index in [4.69, 9.17) is 21.6 Å². The first kappa shape index (κ1) is 20.1. The topological polar surface area (TPSA) is 86.5 Å². The molecule has 2 heterocycles. The quantitative estimate of drug-likeness (QED) is 0.641.